The molecule has 1 amide bonds. The fraction of sp³-hybridized carbons (Fsp3) is 0. The molecule has 92 valence electrons. The molecule has 0 atom stereocenters. The zero-order valence-electron chi connectivity index (χ0n) is 8.95. The van der Waals surface area contributed by atoms with Gasteiger partial charge in [-0.3, -0.25) is 9.78 Å². The van der Waals surface area contributed by atoms with Crippen LogP contribution in [-0.2, 0) is 0 Å². The van der Waals surface area contributed by atoms with Gasteiger partial charge in [-0.25, -0.2) is 13.2 Å². The van der Waals surface area contributed by atoms with Crippen LogP contribution in [0.4, 0.5) is 18.9 Å². The Bertz CT molecular complexity index is 564. The number of pyridine rings is 1. The van der Waals surface area contributed by atoms with Crippen LogP contribution in [0.25, 0.3) is 0 Å². The van der Waals surface area contributed by atoms with Gasteiger partial charge < -0.3 is 5.32 Å². The Morgan fingerprint density at radius 3 is 2.39 bits per heavy atom. The van der Waals surface area contributed by atoms with E-state index in [0.717, 1.165) is 0 Å². The minimum Gasteiger partial charge on any atom is -0.322 e. The van der Waals surface area contributed by atoms with E-state index in [1.54, 1.807) is 6.07 Å². The molecule has 0 aliphatic carbocycles. The molecule has 0 spiro atoms. The van der Waals surface area contributed by atoms with Gasteiger partial charge in [0.05, 0.1) is 5.56 Å². The molecule has 0 saturated heterocycles. The predicted octanol–water partition coefficient (Wildman–Crippen LogP) is 2.75. The monoisotopic (exact) mass is 252 g/mol. The summed E-state index contributed by atoms with van der Waals surface area (Å²) >= 11 is 0. The number of nitrogens with one attached hydrogen (secondary N) is 1. The molecule has 0 saturated carbocycles. The van der Waals surface area contributed by atoms with Gasteiger partial charge in [0.15, 0.2) is 17.5 Å². The molecule has 0 aliphatic rings. The van der Waals surface area contributed by atoms with Crippen LogP contribution in [0.3, 0.4) is 0 Å². The van der Waals surface area contributed by atoms with Crippen LogP contribution in [-0.4, -0.2) is 10.9 Å². The van der Waals surface area contributed by atoms with Crippen LogP contribution in [0.5, 0.6) is 0 Å². The number of carbonyl (C=O) groups excluding carboxylic acids is 1. The quantitative estimate of drug-likeness (QED) is 0.835. The second-order valence-corrected chi connectivity index (χ2v) is 3.45. The molecule has 1 heterocycles. The highest BCUT2D eigenvalue weighted by atomic mass is 19.2. The van der Waals surface area contributed by atoms with Crippen LogP contribution < -0.4 is 5.32 Å². The molecule has 0 fully saturated rings. The molecule has 6 heteroatoms. The average molecular weight is 252 g/mol. The molecule has 3 nitrogen and oxygen atoms in total. The maximum Gasteiger partial charge on any atom is 0.257 e. The van der Waals surface area contributed by atoms with Crippen LogP contribution in [0.2, 0.25) is 0 Å². The Labute approximate surface area is 100 Å². The third-order valence-corrected chi connectivity index (χ3v) is 2.17. The van der Waals surface area contributed by atoms with Crippen molar-refractivity contribution < 1.29 is 18.0 Å². The van der Waals surface area contributed by atoms with Gasteiger partial charge in [0.2, 0.25) is 0 Å². The van der Waals surface area contributed by atoms with E-state index in [4.69, 9.17) is 0 Å². The largest absolute Gasteiger partial charge is 0.322 e. The van der Waals surface area contributed by atoms with E-state index >= 15 is 0 Å². The standard InChI is InChI=1S/C12H7F3N2O/c13-9-4-8(5-10(14)11(9)15)17-12(18)7-2-1-3-16-6-7/h1-6H,(H,17,18). The highest BCUT2D eigenvalue weighted by Crippen LogP contribution is 2.17. The second-order valence-electron chi connectivity index (χ2n) is 3.45. The number of hydrogen-bond acceptors (Lipinski definition) is 2. The molecule has 0 unspecified atom stereocenters. The third-order valence-electron chi connectivity index (χ3n) is 2.17. The number of aromatic nitrogens is 1. The minimum absolute atomic E-state index is 0.166. The first kappa shape index (κ1) is 12.1. The fourth-order valence-corrected chi connectivity index (χ4v) is 1.33. The molecule has 1 aromatic carbocycles. The van der Waals surface area contributed by atoms with Gasteiger partial charge in [0, 0.05) is 30.2 Å². The Morgan fingerprint density at radius 1 is 1.17 bits per heavy atom. The smallest absolute Gasteiger partial charge is 0.257 e. The van der Waals surface area contributed by atoms with E-state index in [2.05, 4.69) is 10.3 Å². The first-order valence-electron chi connectivity index (χ1n) is 4.94. The van der Waals surface area contributed by atoms with Crippen molar-refractivity contribution in [2.75, 3.05) is 5.32 Å². The molecule has 1 N–H and O–H groups in total. The SMILES string of the molecule is O=C(Nc1cc(F)c(F)c(F)c1)c1cccnc1. The van der Waals surface area contributed by atoms with Crippen molar-refractivity contribution in [3.05, 3.63) is 59.7 Å². The summed E-state index contributed by atoms with van der Waals surface area (Å²) in [4.78, 5) is 15.4. The summed E-state index contributed by atoms with van der Waals surface area (Å²) in [6, 6.07) is 4.43. The lowest BCUT2D eigenvalue weighted by molar-refractivity contribution is 0.102. The van der Waals surface area contributed by atoms with Crippen molar-refractivity contribution in [3.8, 4) is 0 Å². The van der Waals surface area contributed by atoms with Gasteiger partial charge in [-0.1, -0.05) is 0 Å². The van der Waals surface area contributed by atoms with Crippen LogP contribution in [0.1, 0.15) is 10.4 Å². The van der Waals surface area contributed by atoms with Crippen molar-refractivity contribution in [1.29, 1.82) is 0 Å². The average Bonchev–Trinajstić information content (AvgIpc) is 2.37. The summed E-state index contributed by atoms with van der Waals surface area (Å²) in [7, 11) is 0. The summed E-state index contributed by atoms with van der Waals surface area (Å²) in [5.41, 5.74) is 0.0582. The van der Waals surface area contributed by atoms with E-state index in [-0.39, 0.29) is 11.3 Å². The Balaban J connectivity index is 2.23. The fourth-order valence-electron chi connectivity index (χ4n) is 1.33. The number of anilines is 1. The van der Waals surface area contributed by atoms with Gasteiger partial charge in [0.1, 0.15) is 0 Å². The molecule has 1 aromatic heterocycles. The molecule has 0 bridgehead atoms. The van der Waals surface area contributed by atoms with Crippen LogP contribution >= 0.6 is 0 Å². The molecule has 2 aromatic rings. The van der Waals surface area contributed by atoms with Crippen molar-refractivity contribution >= 4 is 11.6 Å². The number of rotatable bonds is 2. The van der Waals surface area contributed by atoms with Gasteiger partial charge >= 0.3 is 0 Å². The Kier molecular flexibility index (Phi) is 3.27. The number of carbonyl (C=O) groups is 1. The summed E-state index contributed by atoms with van der Waals surface area (Å²) in [6.45, 7) is 0. The van der Waals surface area contributed by atoms with Gasteiger partial charge in [-0.05, 0) is 12.1 Å². The van der Waals surface area contributed by atoms with Gasteiger partial charge in [-0.2, -0.15) is 0 Å². The third kappa shape index (κ3) is 2.48. The molecular formula is C12H7F3N2O. The highest BCUT2D eigenvalue weighted by molar-refractivity contribution is 6.03. The maximum atomic E-state index is 12.9. The first-order chi connectivity index (χ1) is 8.58. The molecule has 0 radical (unpaired) electrons. The Morgan fingerprint density at radius 2 is 1.83 bits per heavy atom. The van der Waals surface area contributed by atoms with Crippen molar-refractivity contribution in [2.45, 2.75) is 0 Å². The lowest BCUT2D eigenvalue weighted by atomic mass is 10.2. The summed E-state index contributed by atoms with van der Waals surface area (Å²) in [6.07, 6.45) is 2.78. The zero-order valence-corrected chi connectivity index (χ0v) is 8.95. The molecule has 0 aliphatic heterocycles. The molecular weight excluding hydrogens is 245 g/mol. The van der Waals surface area contributed by atoms with E-state index in [0.29, 0.717) is 12.1 Å². The summed E-state index contributed by atoms with van der Waals surface area (Å²) < 4.78 is 38.5. The normalized spacial score (nSPS) is 10.2. The van der Waals surface area contributed by atoms with Gasteiger partial charge in [-0.15, -0.1) is 0 Å². The van der Waals surface area contributed by atoms with Crippen molar-refractivity contribution in [2.24, 2.45) is 0 Å². The summed E-state index contributed by atoms with van der Waals surface area (Å²) in [5.74, 6) is -4.89. The lowest BCUT2D eigenvalue weighted by Gasteiger charge is -2.05. The second kappa shape index (κ2) is 4.87. The number of benzene rings is 1. The maximum absolute atomic E-state index is 12.9. The molecule has 18 heavy (non-hydrogen) atoms. The van der Waals surface area contributed by atoms with Crippen LogP contribution in [0, 0.1) is 17.5 Å². The zero-order chi connectivity index (χ0) is 13.1. The highest BCUT2D eigenvalue weighted by Gasteiger charge is 2.12. The first-order valence-corrected chi connectivity index (χ1v) is 4.94. The number of amides is 1. The molecule has 2 rings (SSSR count). The predicted molar refractivity (Wildman–Crippen MR) is 58.5 cm³/mol. The van der Waals surface area contributed by atoms with Crippen molar-refractivity contribution in [3.63, 3.8) is 0 Å². The minimum atomic E-state index is -1.57. The van der Waals surface area contributed by atoms with Gasteiger partial charge in [0.25, 0.3) is 5.91 Å². The topological polar surface area (TPSA) is 42.0 Å². The van der Waals surface area contributed by atoms with E-state index < -0.39 is 23.4 Å². The summed E-state index contributed by atoms with van der Waals surface area (Å²) in [5, 5.41) is 2.24. The van der Waals surface area contributed by atoms with E-state index in [9.17, 15) is 18.0 Å². The Hall–Kier alpha value is -2.37. The van der Waals surface area contributed by atoms with Crippen molar-refractivity contribution in [1.82, 2.24) is 4.98 Å². The van der Waals surface area contributed by atoms with Crippen LogP contribution in [0.15, 0.2) is 36.7 Å². The number of nitrogens with zero attached hydrogens (tertiary/aromatic N) is 1. The lowest BCUT2D eigenvalue weighted by Crippen LogP contribution is -2.12. The van der Waals surface area contributed by atoms with E-state index in [1.165, 1.54) is 18.5 Å². The van der Waals surface area contributed by atoms with E-state index in [1.807, 2.05) is 0 Å². The number of hydrogen-bond donors (Lipinski definition) is 1. The number of halogens is 3.